The Labute approximate surface area is 123 Å². The van der Waals surface area contributed by atoms with Gasteiger partial charge in [0.25, 0.3) is 5.91 Å². The molecule has 1 N–H and O–H groups in total. The smallest absolute Gasteiger partial charge is 0.263 e. The average Bonchev–Trinajstić information content (AvgIpc) is 2.76. The van der Waals surface area contributed by atoms with E-state index in [0.29, 0.717) is 12.4 Å². The van der Waals surface area contributed by atoms with Gasteiger partial charge in [0.1, 0.15) is 4.88 Å². The van der Waals surface area contributed by atoms with Crippen molar-refractivity contribution in [3.63, 3.8) is 0 Å². The number of hydrogen-bond donors (Lipinski definition) is 1. The van der Waals surface area contributed by atoms with Gasteiger partial charge in [0.2, 0.25) is 0 Å². The Balaban J connectivity index is 1.97. The predicted octanol–water partition coefficient (Wildman–Crippen LogP) is 3.68. The van der Waals surface area contributed by atoms with Crippen LogP contribution in [0.1, 0.15) is 52.5 Å². The van der Waals surface area contributed by atoms with Crippen molar-refractivity contribution in [2.45, 2.75) is 46.0 Å². The topological polar surface area (TPSA) is 42.0 Å². The Hall–Kier alpha value is -0.610. The van der Waals surface area contributed by atoms with Crippen molar-refractivity contribution in [1.29, 1.82) is 0 Å². The van der Waals surface area contributed by atoms with Crippen LogP contribution in [0.3, 0.4) is 0 Å². The highest BCUT2D eigenvalue weighted by molar-refractivity contribution is 7.13. The first kappa shape index (κ1) is 14.8. The van der Waals surface area contributed by atoms with Crippen molar-refractivity contribution >= 4 is 28.8 Å². The van der Waals surface area contributed by atoms with E-state index in [9.17, 15) is 4.79 Å². The Morgan fingerprint density at radius 2 is 2.05 bits per heavy atom. The number of aromatic nitrogens is 1. The minimum Gasteiger partial charge on any atom is -0.351 e. The Bertz CT molecular complexity index is 452. The molecule has 1 aromatic rings. The number of amides is 1. The van der Waals surface area contributed by atoms with Crippen LogP contribution in [0.25, 0.3) is 0 Å². The standard InChI is InChI=1S/C14H21ClN2OS/c1-10-12(19-11(2)17-10)13(18)16-9-14(8-15)6-4-3-5-7-14/h3-9H2,1-2H3,(H,16,18). The van der Waals surface area contributed by atoms with Gasteiger partial charge in [0.15, 0.2) is 0 Å². The van der Waals surface area contributed by atoms with Gasteiger partial charge in [0.05, 0.1) is 10.7 Å². The van der Waals surface area contributed by atoms with Gasteiger partial charge in [-0.25, -0.2) is 4.98 Å². The van der Waals surface area contributed by atoms with Gasteiger partial charge in [-0.3, -0.25) is 4.79 Å². The second kappa shape index (κ2) is 6.23. The van der Waals surface area contributed by atoms with Crippen LogP contribution in [0.15, 0.2) is 0 Å². The van der Waals surface area contributed by atoms with E-state index in [4.69, 9.17) is 11.6 Å². The zero-order chi connectivity index (χ0) is 13.9. The van der Waals surface area contributed by atoms with Gasteiger partial charge in [-0.1, -0.05) is 19.3 Å². The molecule has 1 saturated carbocycles. The lowest BCUT2D eigenvalue weighted by Crippen LogP contribution is -2.40. The van der Waals surface area contributed by atoms with Crippen molar-refractivity contribution < 1.29 is 4.79 Å². The van der Waals surface area contributed by atoms with Crippen molar-refractivity contribution in [2.75, 3.05) is 12.4 Å². The first-order valence-electron chi connectivity index (χ1n) is 6.84. The quantitative estimate of drug-likeness (QED) is 0.862. The number of carbonyl (C=O) groups is 1. The Kier molecular flexibility index (Phi) is 4.85. The fourth-order valence-corrected chi connectivity index (χ4v) is 3.95. The summed E-state index contributed by atoms with van der Waals surface area (Å²) < 4.78 is 0. The van der Waals surface area contributed by atoms with Crippen LogP contribution in [0, 0.1) is 19.3 Å². The molecule has 0 radical (unpaired) electrons. The van der Waals surface area contributed by atoms with E-state index in [0.717, 1.165) is 28.4 Å². The second-order valence-corrected chi connectivity index (χ2v) is 6.99. The highest BCUT2D eigenvalue weighted by atomic mass is 35.5. The summed E-state index contributed by atoms with van der Waals surface area (Å²) in [6, 6.07) is 0. The summed E-state index contributed by atoms with van der Waals surface area (Å²) in [5.41, 5.74) is 0.923. The van der Waals surface area contributed by atoms with E-state index in [-0.39, 0.29) is 11.3 Å². The fourth-order valence-electron chi connectivity index (χ4n) is 2.75. The number of aryl methyl sites for hydroxylation is 2. The first-order valence-corrected chi connectivity index (χ1v) is 8.20. The van der Waals surface area contributed by atoms with Crippen LogP contribution in [-0.4, -0.2) is 23.3 Å². The van der Waals surface area contributed by atoms with Crippen LogP contribution in [0.4, 0.5) is 0 Å². The van der Waals surface area contributed by atoms with E-state index in [1.165, 1.54) is 30.6 Å². The maximum Gasteiger partial charge on any atom is 0.263 e. The lowest BCUT2D eigenvalue weighted by atomic mass is 9.75. The molecule has 0 unspecified atom stereocenters. The molecule has 0 bridgehead atoms. The molecule has 19 heavy (non-hydrogen) atoms. The van der Waals surface area contributed by atoms with Gasteiger partial charge in [-0.15, -0.1) is 22.9 Å². The SMILES string of the molecule is Cc1nc(C)c(C(=O)NCC2(CCl)CCCCC2)s1. The summed E-state index contributed by atoms with van der Waals surface area (Å²) in [7, 11) is 0. The van der Waals surface area contributed by atoms with Crippen LogP contribution in [0.2, 0.25) is 0 Å². The molecule has 0 atom stereocenters. The molecule has 1 heterocycles. The molecule has 1 aliphatic rings. The molecule has 106 valence electrons. The number of halogens is 1. The minimum absolute atomic E-state index is 0.00170. The maximum absolute atomic E-state index is 12.2. The third kappa shape index (κ3) is 3.48. The Morgan fingerprint density at radius 1 is 1.37 bits per heavy atom. The number of thiazole rings is 1. The lowest BCUT2D eigenvalue weighted by molar-refractivity contribution is 0.0924. The van der Waals surface area contributed by atoms with E-state index in [1.807, 2.05) is 13.8 Å². The molecular formula is C14H21ClN2OS. The number of nitrogens with zero attached hydrogens (tertiary/aromatic N) is 1. The number of alkyl halides is 1. The molecule has 5 heteroatoms. The molecule has 2 rings (SSSR count). The summed E-state index contributed by atoms with van der Waals surface area (Å²) in [5.74, 6) is 0.631. The molecule has 1 aromatic heterocycles. The number of carbonyl (C=O) groups excluding carboxylic acids is 1. The fraction of sp³-hybridized carbons (Fsp3) is 0.714. The highest BCUT2D eigenvalue weighted by Crippen LogP contribution is 2.36. The average molecular weight is 301 g/mol. The van der Waals surface area contributed by atoms with Crippen LogP contribution < -0.4 is 5.32 Å². The zero-order valence-electron chi connectivity index (χ0n) is 11.6. The van der Waals surface area contributed by atoms with Gasteiger partial charge in [-0.2, -0.15) is 0 Å². The highest BCUT2D eigenvalue weighted by Gasteiger charge is 2.31. The Morgan fingerprint density at radius 3 is 2.58 bits per heavy atom. The van der Waals surface area contributed by atoms with Crippen LogP contribution in [-0.2, 0) is 0 Å². The molecule has 1 amide bonds. The van der Waals surface area contributed by atoms with Gasteiger partial charge in [-0.05, 0) is 26.7 Å². The van der Waals surface area contributed by atoms with Crippen LogP contribution >= 0.6 is 22.9 Å². The molecule has 0 saturated heterocycles. The molecular weight excluding hydrogens is 280 g/mol. The summed E-state index contributed by atoms with van der Waals surface area (Å²) in [6.07, 6.45) is 5.98. The van der Waals surface area contributed by atoms with E-state index >= 15 is 0 Å². The number of hydrogen-bond acceptors (Lipinski definition) is 3. The molecule has 0 spiro atoms. The third-order valence-corrected chi connectivity index (χ3v) is 5.57. The van der Waals surface area contributed by atoms with Gasteiger partial charge in [0, 0.05) is 17.8 Å². The monoisotopic (exact) mass is 300 g/mol. The lowest BCUT2D eigenvalue weighted by Gasteiger charge is -2.35. The van der Waals surface area contributed by atoms with E-state index < -0.39 is 0 Å². The molecule has 1 fully saturated rings. The van der Waals surface area contributed by atoms with Crippen molar-refractivity contribution in [3.05, 3.63) is 15.6 Å². The van der Waals surface area contributed by atoms with Crippen molar-refractivity contribution in [1.82, 2.24) is 10.3 Å². The van der Waals surface area contributed by atoms with E-state index in [2.05, 4.69) is 10.3 Å². The van der Waals surface area contributed by atoms with Crippen LogP contribution in [0.5, 0.6) is 0 Å². The summed E-state index contributed by atoms with van der Waals surface area (Å²) in [4.78, 5) is 17.2. The molecule has 0 aliphatic heterocycles. The number of nitrogens with one attached hydrogen (secondary N) is 1. The minimum atomic E-state index is -0.00170. The largest absolute Gasteiger partial charge is 0.351 e. The van der Waals surface area contributed by atoms with Gasteiger partial charge < -0.3 is 5.32 Å². The van der Waals surface area contributed by atoms with E-state index in [1.54, 1.807) is 0 Å². The maximum atomic E-state index is 12.2. The van der Waals surface area contributed by atoms with Crippen molar-refractivity contribution in [3.8, 4) is 0 Å². The second-order valence-electron chi connectivity index (χ2n) is 5.52. The summed E-state index contributed by atoms with van der Waals surface area (Å²) >= 11 is 7.60. The third-order valence-electron chi connectivity index (χ3n) is 3.93. The summed E-state index contributed by atoms with van der Waals surface area (Å²) in [5, 5.41) is 4.00. The number of rotatable bonds is 4. The zero-order valence-corrected chi connectivity index (χ0v) is 13.2. The first-order chi connectivity index (χ1) is 9.06. The predicted molar refractivity (Wildman–Crippen MR) is 80.2 cm³/mol. The molecule has 0 aromatic carbocycles. The molecule has 1 aliphatic carbocycles. The van der Waals surface area contributed by atoms with Crippen molar-refractivity contribution in [2.24, 2.45) is 5.41 Å². The normalized spacial score (nSPS) is 18.3. The van der Waals surface area contributed by atoms with Gasteiger partial charge >= 0.3 is 0 Å². The summed E-state index contributed by atoms with van der Waals surface area (Å²) in [6.45, 7) is 4.50. The molecule has 3 nitrogen and oxygen atoms in total.